The van der Waals surface area contributed by atoms with Crippen LogP contribution in [0, 0.1) is 6.92 Å². The second kappa shape index (κ2) is 9.64. The number of carbonyl (C=O) groups excluding carboxylic acids is 3. The van der Waals surface area contributed by atoms with Crippen LogP contribution in [0.3, 0.4) is 0 Å². The van der Waals surface area contributed by atoms with E-state index >= 15 is 0 Å². The van der Waals surface area contributed by atoms with Gasteiger partial charge >= 0.3 is 5.97 Å². The van der Waals surface area contributed by atoms with Gasteiger partial charge in [-0.2, -0.15) is 0 Å². The molecule has 2 aromatic rings. The fourth-order valence-corrected chi connectivity index (χ4v) is 3.49. The Morgan fingerprint density at radius 1 is 1.16 bits per heavy atom. The van der Waals surface area contributed by atoms with E-state index in [2.05, 4.69) is 19.2 Å². The zero-order valence-electron chi connectivity index (χ0n) is 18.3. The van der Waals surface area contributed by atoms with E-state index in [1.165, 1.54) is 4.90 Å². The first-order chi connectivity index (χ1) is 14.8. The molecule has 1 N–H and O–H groups in total. The average molecular weight is 424 g/mol. The van der Waals surface area contributed by atoms with Crippen molar-refractivity contribution < 1.29 is 23.9 Å². The Kier molecular flexibility index (Phi) is 6.95. The molecule has 0 unspecified atom stereocenters. The molecular formula is C24H28N2O5. The Hall–Kier alpha value is -3.35. The number of benzene rings is 2. The average Bonchev–Trinajstić information content (AvgIpc) is 2.85. The lowest BCUT2D eigenvalue weighted by molar-refractivity contribution is -0.150. The van der Waals surface area contributed by atoms with Crippen molar-refractivity contribution in [1.29, 1.82) is 0 Å². The molecule has 164 valence electrons. The second-order valence-electron chi connectivity index (χ2n) is 8.01. The quantitative estimate of drug-likeness (QED) is 0.713. The highest BCUT2D eigenvalue weighted by molar-refractivity contribution is 6.05. The Balaban J connectivity index is 1.61. The van der Waals surface area contributed by atoms with Crippen LogP contribution in [0.4, 0.5) is 11.4 Å². The van der Waals surface area contributed by atoms with Gasteiger partial charge in [0.1, 0.15) is 5.75 Å². The molecule has 3 rings (SSSR count). The number of fused-ring (bicyclic) bond motifs is 1. The van der Waals surface area contributed by atoms with E-state index in [0.717, 1.165) is 11.1 Å². The molecule has 0 fully saturated rings. The Labute approximate surface area is 182 Å². The number of carbonyl (C=O) groups is 3. The van der Waals surface area contributed by atoms with Crippen LogP contribution in [-0.2, 0) is 19.1 Å². The van der Waals surface area contributed by atoms with Gasteiger partial charge < -0.3 is 19.7 Å². The van der Waals surface area contributed by atoms with Crippen LogP contribution < -0.4 is 15.0 Å². The number of aryl methyl sites for hydroxylation is 1. The molecule has 0 spiro atoms. The van der Waals surface area contributed by atoms with Gasteiger partial charge in [-0.3, -0.25) is 9.59 Å². The number of amides is 2. The number of nitrogens with zero attached hydrogens (tertiary/aromatic N) is 1. The standard InChI is InChI=1S/C24H28N2O5/c1-15(2)18-10-9-16(3)21(12-18)30-14-24(29)31-13-23(28)26-17(4)11-22(27)25-19-7-5-6-8-20(19)26/h5-10,12,15,17H,11,13-14H2,1-4H3,(H,25,27)/t17-/m1/s1. The molecule has 1 heterocycles. The molecule has 1 aliphatic rings. The van der Waals surface area contributed by atoms with E-state index in [9.17, 15) is 14.4 Å². The molecule has 0 saturated heterocycles. The first kappa shape index (κ1) is 22.3. The van der Waals surface area contributed by atoms with Crippen LogP contribution in [0.15, 0.2) is 42.5 Å². The van der Waals surface area contributed by atoms with Crippen LogP contribution in [0.1, 0.15) is 44.2 Å². The summed E-state index contributed by atoms with van der Waals surface area (Å²) in [5, 5.41) is 2.80. The smallest absolute Gasteiger partial charge is 0.344 e. The maximum Gasteiger partial charge on any atom is 0.344 e. The van der Waals surface area contributed by atoms with Crippen molar-refractivity contribution in [2.24, 2.45) is 0 Å². The zero-order valence-corrected chi connectivity index (χ0v) is 18.3. The van der Waals surface area contributed by atoms with Gasteiger partial charge in [-0.25, -0.2) is 4.79 Å². The summed E-state index contributed by atoms with van der Waals surface area (Å²) in [6.07, 6.45) is 0.156. The zero-order chi connectivity index (χ0) is 22.5. The van der Waals surface area contributed by atoms with Gasteiger partial charge in [0.25, 0.3) is 5.91 Å². The van der Waals surface area contributed by atoms with Gasteiger partial charge in [0, 0.05) is 12.5 Å². The molecule has 0 aliphatic carbocycles. The Bertz CT molecular complexity index is 986. The fraction of sp³-hybridized carbons (Fsp3) is 0.375. The minimum Gasteiger partial charge on any atom is -0.482 e. The summed E-state index contributed by atoms with van der Waals surface area (Å²) < 4.78 is 10.8. The molecule has 7 nitrogen and oxygen atoms in total. The minimum absolute atomic E-state index is 0.156. The first-order valence-corrected chi connectivity index (χ1v) is 10.4. The molecule has 31 heavy (non-hydrogen) atoms. The molecule has 7 heteroatoms. The highest BCUT2D eigenvalue weighted by Crippen LogP contribution is 2.31. The molecule has 0 aromatic heterocycles. The van der Waals surface area contributed by atoms with Gasteiger partial charge in [-0.1, -0.05) is 38.1 Å². The number of rotatable bonds is 6. The maximum atomic E-state index is 12.9. The van der Waals surface area contributed by atoms with Gasteiger partial charge in [0.2, 0.25) is 5.91 Å². The van der Waals surface area contributed by atoms with Crippen LogP contribution in [0.2, 0.25) is 0 Å². The van der Waals surface area contributed by atoms with Crippen molar-refractivity contribution in [3.8, 4) is 5.75 Å². The molecule has 2 aromatic carbocycles. The van der Waals surface area contributed by atoms with Crippen molar-refractivity contribution >= 4 is 29.2 Å². The van der Waals surface area contributed by atoms with Crippen molar-refractivity contribution in [1.82, 2.24) is 0 Å². The summed E-state index contributed by atoms with van der Waals surface area (Å²) in [4.78, 5) is 38.6. The normalized spacial score (nSPS) is 15.7. The van der Waals surface area contributed by atoms with Crippen LogP contribution in [0.5, 0.6) is 5.75 Å². The lowest BCUT2D eigenvalue weighted by atomic mass is 10.0. The highest BCUT2D eigenvalue weighted by atomic mass is 16.6. The van der Waals surface area contributed by atoms with E-state index in [4.69, 9.17) is 9.47 Å². The molecule has 0 saturated carbocycles. The van der Waals surface area contributed by atoms with Crippen molar-refractivity contribution in [3.63, 3.8) is 0 Å². The van der Waals surface area contributed by atoms with E-state index in [1.54, 1.807) is 31.2 Å². The minimum atomic E-state index is -0.632. The van der Waals surface area contributed by atoms with E-state index < -0.39 is 18.5 Å². The number of anilines is 2. The van der Waals surface area contributed by atoms with Crippen LogP contribution in [-0.4, -0.2) is 37.0 Å². The summed E-state index contributed by atoms with van der Waals surface area (Å²) in [6.45, 7) is 7.14. The maximum absolute atomic E-state index is 12.9. The Morgan fingerprint density at radius 3 is 2.65 bits per heavy atom. The predicted octanol–water partition coefficient (Wildman–Crippen LogP) is 3.80. The van der Waals surface area contributed by atoms with Crippen LogP contribution >= 0.6 is 0 Å². The fourth-order valence-electron chi connectivity index (χ4n) is 3.49. The van der Waals surface area contributed by atoms with E-state index in [-0.39, 0.29) is 25.0 Å². The van der Waals surface area contributed by atoms with Gasteiger partial charge in [0.05, 0.1) is 11.4 Å². The summed E-state index contributed by atoms with van der Waals surface area (Å²) >= 11 is 0. The highest BCUT2D eigenvalue weighted by Gasteiger charge is 2.30. The molecule has 0 radical (unpaired) electrons. The molecule has 1 atom stereocenters. The Morgan fingerprint density at radius 2 is 1.90 bits per heavy atom. The first-order valence-electron chi connectivity index (χ1n) is 10.4. The van der Waals surface area contributed by atoms with E-state index in [0.29, 0.717) is 23.0 Å². The van der Waals surface area contributed by atoms with E-state index in [1.807, 2.05) is 25.1 Å². The number of ether oxygens (including phenoxy) is 2. The number of hydrogen-bond acceptors (Lipinski definition) is 5. The van der Waals surface area contributed by atoms with Gasteiger partial charge in [-0.15, -0.1) is 0 Å². The third kappa shape index (κ3) is 5.42. The predicted molar refractivity (Wildman–Crippen MR) is 118 cm³/mol. The van der Waals surface area contributed by atoms with Crippen molar-refractivity contribution in [2.75, 3.05) is 23.4 Å². The monoisotopic (exact) mass is 424 g/mol. The summed E-state index contributed by atoms with van der Waals surface area (Å²) in [5.41, 5.74) is 3.17. The summed E-state index contributed by atoms with van der Waals surface area (Å²) in [5.74, 6) is -0.239. The molecule has 0 bridgehead atoms. The second-order valence-corrected chi connectivity index (χ2v) is 8.01. The van der Waals surface area contributed by atoms with Gasteiger partial charge in [0.15, 0.2) is 13.2 Å². The summed E-state index contributed by atoms with van der Waals surface area (Å²) in [7, 11) is 0. The third-order valence-electron chi connectivity index (χ3n) is 5.21. The number of para-hydroxylation sites is 2. The third-order valence-corrected chi connectivity index (χ3v) is 5.21. The number of esters is 1. The molecule has 2 amide bonds. The van der Waals surface area contributed by atoms with Crippen molar-refractivity contribution in [3.05, 3.63) is 53.6 Å². The van der Waals surface area contributed by atoms with Gasteiger partial charge in [-0.05, 0) is 49.1 Å². The number of nitrogens with one attached hydrogen (secondary N) is 1. The summed E-state index contributed by atoms with van der Waals surface area (Å²) in [6, 6.07) is 12.6. The van der Waals surface area contributed by atoms with Crippen LogP contribution in [0.25, 0.3) is 0 Å². The lowest BCUT2D eigenvalue weighted by Crippen LogP contribution is -2.41. The molecular weight excluding hydrogens is 396 g/mol. The topological polar surface area (TPSA) is 84.9 Å². The lowest BCUT2D eigenvalue weighted by Gasteiger charge is -2.27. The largest absolute Gasteiger partial charge is 0.482 e. The molecule has 1 aliphatic heterocycles. The van der Waals surface area contributed by atoms with Crippen molar-refractivity contribution in [2.45, 2.75) is 46.1 Å². The number of hydrogen-bond donors (Lipinski definition) is 1. The SMILES string of the molecule is Cc1ccc(C(C)C)cc1OCC(=O)OCC(=O)N1c2ccccc2NC(=O)C[C@H]1C.